The molecule has 4 heteroatoms. The van der Waals surface area contributed by atoms with Crippen LogP contribution < -0.4 is 0 Å². The van der Waals surface area contributed by atoms with Crippen molar-refractivity contribution in [2.45, 2.75) is 12.8 Å². The van der Waals surface area contributed by atoms with Gasteiger partial charge in [0.1, 0.15) is 0 Å². The van der Waals surface area contributed by atoms with E-state index in [1.165, 1.54) is 0 Å². The molecule has 0 aliphatic heterocycles. The van der Waals surface area contributed by atoms with Gasteiger partial charge in [-0.15, -0.1) is 0 Å². The van der Waals surface area contributed by atoms with E-state index in [2.05, 4.69) is 20.9 Å². The number of aryl methyl sites for hydroxylation is 1. The third-order valence-corrected chi connectivity index (χ3v) is 3.66. The first-order valence-corrected chi connectivity index (χ1v) is 5.86. The zero-order valence-electron chi connectivity index (χ0n) is 7.73. The van der Waals surface area contributed by atoms with Crippen LogP contribution in [0.25, 0.3) is 10.9 Å². The molecule has 0 fully saturated rings. The van der Waals surface area contributed by atoms with Crippen molar-refractivity contribution in [3.63, 3.8) is 0 Å². The Kier molecular flexibility index (Phi) is 1.94. The van der Waals surface area contributed by atoms with Crippen LogP contribution in [0.3, 0.4) is 0 Å². The van der Waals surface area contributed by atoms with Crippen LogP contribution in [-0.4, -0.2) is 10.8 Å². The lowest BCUT2D eigenvalue weighted by Crippen LogP contribution is -1.91. The van der Waals surface area contributed by atoms with Gasteiger partial charge >= 0.3 is 0 Å². The van der Waals surface area contributed by atoms with Gasteiger partial charge in [-0.25, -0.2) is 0 Å². The molecule has 0 saturated heterocycles. The Labute approximate surface area is 99.7 Å². The first kappa shape index (κ1) is 9.43. The highest BCUT2D eigenvalue weighted by Gasteiger charge is 2.24. The Morgan fingerprint density at radius 1 is 1.33 bits per heavy atom. The number of ketones is 1. The van der Waals surface area contributed by atoms with E-state index >= 15 is 0 Å². The summed E-state index contributed by atoms with van der Waals surface area (Å²) >= 11 is 9.43. The fourth-order valence-electron chi connectivity index (χ4n) is 2.13. The molecule has 3 rings (SSSR count). The molecular weight excluding hydrogens is 277 g/mol. The van der Waals surface area contributed by atoms with E-state index in [9.17, 15) is 4.79 Å². The highest BCUT2D eigenvalue weighted by Crippen LogP contribution is 2.35. The average Bonchev–Trinajstić information content (AvgIpc) is 2.68. The molecule has 15 heavy (non-hydrogen) atoms. The second-order valence-corrected chi connectivity index (χ2v) is 5.00. The van der Waals surface area contributed by atoms with Crippen LogP contribution in [-0.2, 0) is 6.42 Å². The van der Waals surface area contributed by atoms with Crippen molar-refractivity contribution in [1.82, 2.24) is 4.98 Å². The number of nitrogens with one attached hydrogen (secondary N) is 1. The van der Waals surface area contributed by atoms with Gasteiger partial charge in [0.25, 0.3) is 0 Å². The monoisotopic (exact) mass is 283 g/mol. The molecule has 0 spiro atoms. The topological polar surface area (TPSA) is 32.9 Å². The molecule has 1 heterocycles. The molecule has 0 radical (unpaired) electrons. The minimum absolute atomic E-state index is 0.198. The summed E-state index contributed by atoms with van der Waals surface area (Å²) in [6.45, 7) is 0. The number of halogens is 2. The van der Waals surface area contributed by atoms with Gasteiger partial charge in [0.15, 0.2) is 5.78 Å². The van der Waals surface area contributed by atoms with Gasteiger partial charge in [-0.1, -0.05) is 11.6 Å². The van der Waals surface area contributed by atoms with Crippen molar-refractivity contribution in [2.75, 3.05) is 0 Å². The third-order valence-electron chi connectivity index (χ3n) is 2.81. The number of fused-ring (bicyclic) bond motifs is 3. The largest absolute Gasteiger partial charge is 0.351 e. The number of H-pyrrole nitrogens is 1. The second kappa shape index (κ2) is 3.09. The lowest BCUT2D eigenvalue weighted by atomic mass is 10.1. The minimum atomic E-state index is 0.198. The van der Waals surface area contributed by atoms with Gasteiger partial charge in [-0.2, -0.15) is 0 Å². The first-order valence-electron chi connectivity index (χ1n) is 4.69. The molecule has 0 saturated carbocycles. The van der Waals surface area contributed by atoms with Crippen molar-refractivity contribution in [3.05, 3.63) is 32.9 Å². The molecule has 1 aliphatic carbocycles. The van der Waals surface area contributed by atoms with E-state index in [1.54, 1.807) is 0 Å². The first-order chi connectivity index (χ1) is 7.16. The number of benzene rings is 1. The smallest absolute Gasteiger partial charge is 0.179 e. The zero-order valence-corrected chi connectivity index (χ0v) is 10.1. The fraction of sp³-hybridized carbons (Fsp3) is 0.182. The molecule has 2 aromatic rings. The molecule has 0 unspecified atom stereocenters. The van der Waals surface area contributed by atoms with Crippen LogP contribution in [0.5, 0.6) is 0 Å². The van der Waals surface area contributed by atoms with Crippen LogP contribution in [0.4, 0.5) is 0 Å². The van der Waals surface area contributed by atoms with Crippen molar-refractivity contribution in [1.29, 1.82) is 0 Å². The second-order valence-electron chi connectivity index (χ2n) is 3.71. The summed E-state index contributed by atoms with van der Waals surface area (Å²) < 4.78 is 0.909. The van der Waals surface area contributed by atoms with Gasteiger partial charge in [0.2, 0.25) is 0 Å². The van der Waals surface area contributed by atoms with Crippen molar-refractivity contribution >= 4 is 44.2 Å². The molecule has 1 N–H and O–H groups in total. The molecule has 1 aliphatic rings. The van der Waals surface area contributed by atoms with E-state index in [0.717, 1.165) is 33.1 Å². The summed E-state index contributed by atoms with van der Waals surface area (Å²) in [5.74, 6) is 0.198. The summed E-state index contributed by atoms with van der Waals surface area (Å²) in [4.78, 5) is 14.7. The summed E-state index contributed by atoms with van der Waals surface area (Å²) in [5.41, 5.74) is 2.84. The number of aromatic nitrogens is 1. The Morgan fingerprint density at radius 2 is 2.13 bits per heavy atom. The van der Waals surface area contributed by atoms with Crippen LogP contribution in [0.1, 0.15) is 22.5 Å². The van der Waals surface area contributed by atoms with E-state index in [-0.39, 0.29) is 5.78 Å². The Balaban J connectivity index is 2.44. The Bertz CT molecular complexity index is 588. The lowest BCUT2D eigenvalue weighted by molar-refractivity contribution is 0.0991. The SMILES string of the molecule is O=C1CCc2c1[nH]c1c(Br)cc(Cl)cc21. The van der Waals surface area contributed by atoms with E-state index in [1.807, 2.05) is 12.1 Å². The van der Waals surface area contributed by atoms with Crippen LogP contribution >= 0.6 is 27.5 Å². The summed E-state index contributed by atoms with van der Waals surface area (Å²) in [5, 5.41) is 1.76. The maximum atomic E-state index is 11.6. The highest BCUT2D eigenvalue weighted by molar-refractivity contribution is 9.10. The average molecular weight is 285 g/mol. The van der Waals surface area contributed by atoms with E-state index in [4.69, 9.17) is 11.6 Å². The normalized spacial score (nSPS) is 14.9. The lowest BCUT2D eigenvalue weighted by Gasteiger charge is -1.97. The number of carbonyl (C=O) groups excluding carboxylic acids is 1. The van der Waals surface area contributed by atoms with Crippen LogP contribution in [0, 0.1) is 0 Å². The quantitative estimate of drug-likeness (QED) is 0.786. The number of hydrogen-bond donors (Lipinski definition) is 1. The highest BCUT2D eigenvalue weighted by atomic mass is 79.9. The van der Waals surface area contributed by atoms with Gasteiger partial charge < -0.3 is 4.98 Å². The minimum Gasteiger partial charge on any atom is -0.351 e. The van der Waals surface area contributed by atoms with Gasteiger partial charge in [-0.05, 0) is 40.0 Å². The van der Waals surface area contributed by atoms with Gasteiger partial charge in [0, 0.05) is 21.3 Å². The fourth-order valence-corrected chi connectivity index (χ4v) is 3.04. The molecule has 1 aromatic carbocycles. The summed E-state index contributed by atoms with van der Waals surface area (Å²) in [7, 11) is 0. The number of Topliss-reactive ketones (excluding diaryl/α,β-unsaturated/α-hetero) is 1. The summed E-state index contributed by atoms with van der Waals surface area (Å²) in [6.07, 6.45) is 1.43. The molecule has 76 valence electrons. The van der Waals surface area contributed by atoms with Crippen LogP contribution in [0.15, 0.2) is 16.6 Å². The maximum Gasteiger partial charge on any atom is 0.179 e. The van der Waals surface area contributed by atoms with Gasteiger partial charge in [-0.3, -0.25) is 4.79 Å². The van der Waals surface area contributed by atoms with E-state index in [0.29, 0.717) is 11.4 Å². The Morgan fingerprint density at radius 3 is 2.93 bits per heavy atom. The Hall–Kier alpha value is -0.800. The number of hydrogen-bond acceptors (Lipinski definition) is 1. The van der Waals surface area contributed by atoms with Gasteiger partial charge in [0.05, 0.1) is 11.2 Å². The predicted octanol–water partition coefficient (Wildman–Crippen LogP) is 3.71. The van der Waals surface area contributed by atoms with Crippen LogP contribution in [0.2, 0.25) is 5.02 Å². The van der Waals surface area contributed by atoms with Crippen molar-refractivity contribution in [3.8, 4) is 0 Å². The molecule has 0 bridgehead atoms. The predicted molar refractivity (Wildman–Crippen MR) is 63.7 cm³/mol. The molecule has 0 amide bonds. The van der Waals surface area contributed by atoms with Crippen molar-refractivity contribution < 1.29 is 4.79 Å². The third kappa shape index (κ3) is 1.26. The van der Waals surface area contributed by atoms with E-state index < -0.39 is 0 Å². The molecule has 0 atom stereocenters. The summed E-state index contributed by atoms with van der Waals surface area (Å²) in [6, 6.07) is 3.75. The number of aromatic amines is 1. The molecule has 1 aromatic heterocycles. The number of carbonyl (C=O) groups is 1. The zero-order chi connectivity index (χ0) is 10.6. The number of rotatable bonds is 0. The standard InChI is InChI=1S/C11H7BrClNO/c12-8-4-5(13)3-7-6-1-2-9(15)11(6)14-10(7)8/h3-4,14H,1-2H2. The molecular formula is C11H7BrClNO. The molecule has 2 nitrogen and oxygen atoms in total. The maximum absolute atomic E-state index is 11.6. The van der Waals surface area contributed by atoms with Crippen molar-refractivity contribution in [2.24, 2.45) is 0 Å².